The van der Waals surface area contributed by atoms with E-state index in [0.29, 0.717) is 15.9 Å². The molecule has 1 aliphatic rings. The minimum Gasteiger partial charge on any atom is -0.353 e. The number of nitrogens with zero attached hydrogens (tertiary/aromatic N) is 2. The van der Waals surface area contributed by atoms with Gasteiger partial charge in [0.15, 0.2) is 0 Å². The minimum atomic E-state index is -3.54. The number of rotatable bonds is 3. The summed E-state index contributed by atoms with van der Waals surface area (Å²) in [6, 6.07) is 9.07. The van der Waals surface area contributed by atoms with Gasteiger partial charge in [0.25, 0.3) is 0 Å². The number of hydrogen-bond donors (Lipinski definition) is 0. The van der Waals surface area contributed by atoms with E-state index < -0.39 is 10.0 Å². The maximum atomic E-state index is 13.1. The Morgan fingerprint density at radius 1 is 1.23 bits per heavy atom. The van der Waals surface area contributed by atoms with Gasteiger partial charge in [0.2, 0.25) is 10.0 Å². The summed E-state index contributed by atoms with van der Waals surface area (Å²) in [7, 11) is -1.59. The van der Waals surface area contributed by atoms with Crippen LogP contribution in [-0.2, 0) is 17.1 Å². The highest BCUT2D eigenvalue weighted by Crippen LogP contribution is 2.38. The molecule has 4 nitrogen and oxygen atoms in total. The molecule has 1 aliphatic heterocycles. The van der Waals surface area contributed by atoms with Gasteiger partial charge in [-0.15, -0.1) is 0 Å². The van der Waals surface area contributed by atoms with Crippen LogP contribution in [0.15, 0.2) is 50.4 Å². The molecule has 0 saturated carbocycles. The molecule has 7 heteroatoms. The average Bonchev–Trinajstić information content (AvgIpc) is 3.09. The zero-order chi connectivity index (χ0) is 15.9. The Morgan fingerprint density at radius 2 is 2.00 bits per heavy atom. The number of hydrogen-bond acceptors (Lipinski definition) is 2. The van der Waals surface area contributed by atoms with Gasteiger partial charge < -0.3 is 4.57 Å². The van der Waals surface area contributed by atoms with Crippen LogP contribution in [0.1, 0.15) is 24.6 Å². The molecule has 0 N–H and O–H groups in total. The summed E-state index contributed by atoms with van der Waals surface area (Å²) in [4.78, 5) is 0.308. The van der Waals surface area contributed by atoms with Gasteiger partial charge in [-0.2, -0.15) is 4.31 Å². The number of sulfonamides is 1. The predicted molar refractivity (Wildman–Crippen MR) is 93.1 cm³/mol. The van der Waals surface area contributed by atoms with Crippen LogP contribution in [0.2, 0.25) is 0 Å². The lowest BCUT2D eigenvalue weighted by atomic mass is 10.1. The molecule has 3 rings (SSSR count). The highest BCUT2D eigenvalue weighted by atomic mass is 79.9. The second-order valence-corrected chi connectivity index (χ2v) is 9.02. The molecule has 0 spiro atoms. The van der Waals surface area contributed by atoms with E-state index >= 15 is 0 Å². The molecule has 0 aliphatic carbocycles. The van der Waals surface area contributed by atoms with E-state index in [2.05, 4.69) is 31.9 Å². The molecule has 22 heavy (non-hydrogen) atoms. The Balaban J connectivity index is 2.05. The van der Waals surface area contributed by atoms with Crippen LogP contribution in [-0.4, -0.2) is 23.8 Å². The fourth-order valence-electron chi connectivity index (χ4n) is 2.95. The summed E-state index contributed by atoms with van der Waals surface area (Å²) in [5.74, 6) is 0. The zero-order valence-electron chi connectivity index (χ0n) is 12.0. The Bertz CT molecular complexity index is 802. The SMILES string of the molecule is Cn1cccc1[C@@H]1CCCN1S(=O)(=O)c1cc(Br)ccc1Br. The van der Waals surface area contributed by atoms with Gasteiger partial charge in [-0.05, 0) is 59.1 Å². The number of aromatic nitrogens is 1. The van der Waals surface area contributed by atoms with Crippen molar-refractivity contribution in [2.45, 2.75) is 23.8 Å². The first-order valence-corrected chi connectivity index (χ1v) is 10.0. The first-order valence-electron chi connectivity index (χ1n) is 6.99. The van der Waals surface area contributed by atoms with E-state index in [-0.39, 0.29) is 6.04 Å². The van der Waals surface area contributed by atoms with Crippen molar-refractivity contribution >= 4 is 41.9 Å². The van der Waals surface area contributed by atoms with Crippen molar-refractivity contribution in [3.63, 3.8) is 0 Å². The first kappa shape index (κ1) is 16.2. The van der Waals surface area contributed by atoms with Crippen molar-refractivity contribution in [1.29, 1.82) is 0 Å². The Hall–Kier alpha value is -0.630. The second-order valence-electron chi connectivity index (χ2n) is 5.39. The van der Waals surface area contributed by atoms with E-state index in [4.69, 9.17) is 0 Å². The summed E-state index contributed by atoms with van der Waals surface area (Å²) in [6.45, 7) is 0.553. The lowest BCUT2D eigenvalue weighted by Crippen LogP contribution is -2.31. The molecule has 1 saturated heterocycles. The minimum absolute atomic E-state index is 0.101. The summed E-state index contributed by atoms with van der Waals surface area (Å²) < 4.78 is 31.1. The van der Waals surface area contributed by atoms with Crippen LogP contribution in [0.25, 0.3) is 0 Å². The number of aryl methyl sites for hydroxylation is 1. The highest BCUT2D eigenvalue weighted by molar-refractivity contribution is 9.11. The van der Waals surface area contributed by atoms with Crippen molar-refractivity contribution in [2.24, 2.45) is 7.05 Å². The van der Waals surface area contributed by atoms with Crippen LogP contribution >= 0.6 is 31.9 Å². The molecule has 1 aromatic carbocycles. The second kappa shape index (κ2) is 6.11. The van der Waals surface area contributed by atoms with Crippen molar-refractivity contribution in [2.75, 3.05) is 6.54 Å². The molecule has 1 fully saturated rings. The van der Waals surface area contributed by atoms with Gasteiger partial charge in [0, 0.05) is 34.4 Å². The highest BCUT2D eigenvalue weighted by Gasteiger charge is 2.38. The van der Waals surface area contributed by atoms with Crippen LogP contribution in [0, 0.1) is 0 Å². The van der Waals surface area contributed by atoms with E-state index in [9.17, 15) is 8.42 Å². The van der Waals surface area contributed by atoms with Crippen molar-refractivity contribution in [3.05, 3.63) is 51.2 Å². The Labute approximate surface area is 147 Å². The summed E-state index contributed by atoms with van der Waals surface area (Å²) in [6.07, 6.45) is 3.68. The van der Waals surface area contributed by atoms with Crippen molar-refractivity contribution < 1.29 is 8.42 Å². The molecule has 0 bridgehead atoms. The third-order valence-electron chi connectivity index (χ3n) is 4.01. The molecule has 2 aromatic rings. The normalized spacial score (nSPS) is 19.7. The maximum absolute atomic E-state index is 13.1. The van der Waals surface area contributed by atoms with E-state index in [1.165, 1.54) is 0 Å². The van der Waals surface area contributed by atoms with Gasteiger partial charge in [0.1, 0.15) is 0 Å². The molecule has 118 valence electrons. The van der Waals surface area contributed by atoms with Crippen molar-refractivity contribution in [3.8, 4) is 0 Å². The Kier molecular flexibility index (Phi) is 4.51. The summed E-state index contributed by atoms with van der Waals surface area (Å²) >= 11 is 6.72. The average molecular weight is 448 g/mol. The van der Waals surface area contributed by atoms with Gasteiger partial charge in [-0.3, -0.25) is 0 Å². The van der Waals surface area contributed by atoms with Crippen LogP contribution in [0.4, 0.5) is 0 Å². The zero-order valence-corrected chi connectivity index (χ0v) is 16.0. The smallest absolute Gasteiger partial charge is 0.244 e. The fraction of sp³-hybridized carbons (Fsp3) is 0.333. The van der Waals surface area contributed by atoms with E-state index in [0.717, 1.165) is 23.0 Å². The third-order valence-corrected chi connectivity index (χ3v) is 7.40. The van der Waals surface area contributed by atoms with Crippen molar-refractivity contribution in [1.82, 2.24) is 8.87 Å². The quantitative estimate of drug-likeness (QED) is 0.711. The Morgan fingerprint density at radius 3 is 2.68 bits per heavy atom. The lowest BCUT2D eigenvalue weighted by Gasteiger charge is -2.25. The molecule has 1 atom stereocenters. The molecule has 0 radical (unpaired) electrons. The number of halogens is 2. The van der Waals surface area contributed by atoms with Crippen LogP contribution in [0.5, 0.6) is 0 Å². The largest absolute Gasteiger partial charge is 0.353 e. The standard InChI is InChI=1S/C15H16Br2N2O2S/c1-18-8-2-4-13(18)14-5-3-9-19(14)22(20,21)15-10-11(16)6-7-12(15)17/h2,4,6-8,10,14H,3,5,9H2,1H3/t14-/m0/s1. The van der Waals surface area contributed by atoms with Gasteiger partial charge >= 0.3 is 0 Å². The number of benzene rings is 1. The fourth-order valence-corrected chi connectivity index (χ4v) is 6.08. The van der Waals surface area contributed by atoms with E-state index in [1.54, 1.807) is 16.4 Å². The molecular formula is C15H16Br2N2O2S. The predicted octanol–water partition coefficient (Wildman–Crippen LogP) is 4.08. The van der Waals surface area contributed by atoms with Gasteiger partial charge in [-0.1, -0.05) is 15.9 Å². The molecule has 1 aromatic heterocycles. The maximum Gasteiger partial charge on any atom is 0.244 e. The molecule has 2 heterocycles. The van der Waals surface area contributed by atoms with E-state index in [1.807, 2.05) is 36.0 Å². The molecule has 0 amide bonds. The monoisotopic (exact) mass is 446 g/mol. The molecule has 0 unspecified atom stereocenters. The third kappa shape index (κ3) is 2.79. The molecular weight excluding hydrogens is 432 g/mol. The van der Waals surface area contributed by atoms with Crippen LogP contribution < -0.4 is 0 Å². The van der Waals surface area contributed by atoms with Gasteiger partial charge in [-0.25, -0.2) is 8.42 Å². The van der Waals surface area contributed by atoms with Crippen LogP contribution in [0.3, 0.4) is 0 Å². The summed E-state index contributed by atoms with van der Waals surface area (Å²) in [5.41, 5.74) is 1.03. The van der Waals surface area contributed by atoms with Gasteiger partial charge in [0.05, 0.1) is 10.9 Å². The first-order chi connectivity index (χ1) is 10.4. The lowest BCUT2D eigenvalue weighted by molar-refractivity contribution is 0.384. The summed E-state index contributed by atoms with van der Waals surface area (Å²) in [5, 5.41) is 0. The topological polar surface area (TPSA) is 42.3 Å².